The topological polar surface area (TPSA) is 138 Å². The maximum atomic E-state index is 13.4. The Morgan fingerprint density at radius 1 is 1.11 bits per heavy atom. The van der Waals surface area contributed by atoms with Crippen molar-refractivity contribution in [1.82, 2.24) is 24.9 Å². The van der Waals surface area contributed by atoms with E-state index in [9.17, 15) is 21.6 Å². The van der Waals surface area contributed by atoms with Crippen LogP contribution in [0.5, 0.6) is 0 Å². The van der Waals surface area contributed by atoms with Gasteiger partial charge in [0.25, 0.3) is 0 Å². The quantitative estimate of drug-likeness (QED) is 0.317. The molecule has 5 rings (SSSR count). The summed E-state index contributed by atoms with van der Waals surface area (Å²) in [6, 6.07) is 10.7. The minimum atomic E-state index is -3.95. The van der Waals surface area contributed by atoms with Gasteiger partial charge < -0.3 is 4.90 Å². The molecule has 3 heterocycles. The summed E-state index contributed by atoms with van der Waals surface area (Å²) in [5.74, 6) is -0.620. The second-order valence-electron chi connectivity index (χ2n) is 8.87. The number of carbonyl (C=O) groups is 1. The number of hydrogen-bond donors (Lipinski definition) is 2. The molecule has 1 atom stereocenters. The van der Waals surface area contributed by atoms with E-state index in [2.05, 4.69) is 20.0 Å². The minimum absolute atomic E-state index is 0.0567. The van der Waals surface area contributed by atoms with Gasteiger partial charge in [0.1, 0.15) is 11.0 Å². The molecule has 0 aliphatic carbocycles. The molecule has 1 fully saturated rings. The molecule has 0 spiro atoms. The summed E-state index contributed by atoms with van der Waals surface area (Å²) in [5, 5.41) is 5.89. The molecule has 1 aliphatic heterocycles. The second-order valence-corrected chi connectivity index (χ2v) is 14.5. The van der Waals surface area contributed by atoms with Crippen LogP contribution in [0.4, 0.5) is 0 Å². The first kappa shape index (κ1) is 26.9. The number of nitrogens with one attached hydrogen (secondary N) is 2. The van der Waals surface area contributed by atoms with Crippen LogP contribution in [0.2, 0.25) is 5.02 Å². The predicted octanol–water partition coefficient (Wildman–Crippen LogP) is 2.19. The van der Waals surface area contributed by atoms with Gasteiger partial charge in [-0.3, -0.25) is 15.1 Å². The van der Waals surface area contributed by atoms with Crippen molar-refractivity contribution in [2.24, 2.45) is 0 Å². The van der Waals surface area contributed by atoms with Gasteiger partial charge in [0, 0.05) is 43.6 Å². The molecule has 14 heteroatoms. The number of hydrogen-bond acceptors (Lipinski definition) is 9. The Morgan fingerprint density at radius 2 is 1.84 bits per heavy atom. The Hall–Kier alpha value is -2.68. The fourth-order valence-corrected chi connectivity index (χ4v) is 7.50. The van der Waals surface area contributed by atoms with Crippen molar-refractivity contribution in [2.75, 3.05) is 31.1 Å². The van der Waals surface area contributed by atoms with E-state index in [0.717, 1.165) is 15.6 Å². The first-order valence-electron chi connectivity index (χ1n) is 11.7. The van der Waals surface area contributed by atoms with Crippen LogP contribution >= 0.6 is 22.9 Å². The Morgan fingerprint density at radius 3 is 2.61 bits per heavy atom. The monoisotopic (exact) mass is 593 g/mol. The number of benzene rings is 2. The first-order chi connectivity index (χ1) is 18.1. The van der Waals surface area contributed by atoms with Crippen LogP contribution in [0.25, 0.3) is 21.0 Å². The molecule has 2 aromatic carbocycles. The highest BCUT2D eigenvalue weighted by Gasteiger charge is 2.31. The molecule has 200 valence electrons. The Bertz CT molecular complexity index is 1680. The third-order valence-corrected chi connectivity index (χ3v) is 10.5. The summed E-state index contributed by atoms with van der Waals surface area (Å²) in [7, 11) is -7.14. The van der Waals surface area contributed by atoms with Crippen molar-refractivity contribution in [3.63, 3.8) is 0 Å². The van der Waals surface area contributed by atoms with E-state index in [1.807, 2.05) is 0 Å². The maximum Gasteiger partial charge on any atom is 0.241 e. The van der Waals surface area contributed by atoms with Crippen LogP contribution in [0.3, 0.4) is 0 Å². The normalized spacial score (nSPS) is 16.6. The number of aromatic nitrogens is 2. The molecule has 38 heavy (non-hydrogen) atoms. The lowest BCUT2D eigenvalue weighted by atomic mass is 10.1. The fraction of sp³-hybridized carbons (Fsp3) is 0.292. The van der Waals surface area contributed by atoms with Crippen molar-refractivity contribution in [3.8, 4) is 0 Å². The summed E-state index contributed by atoms with van der Waals surface area (Å²) >= 11 is 7.45. The highest BCUT2D eigenvalue weighted by Crippen LogP contribution is 2.23. The smallest absolute Gasteiger partial charge is 0.241 e. The van der Waals surface area contributed by atoms with Crippen molar-refractivity contribution >= 4 is 69.7 Å². The van der Waals surface area contributed by atoms with E-state index >= 15 is 0 Å². The molecule has 1 saturated heterocycles. The Kier molecular flexibility index (Phi) is 7.67. The zero-order valence-corrected chi connectivity index (χ0v) is 23.2. The van der Waals surface area contributed by atoms with Gasteiger partial charge in [-0.1, -0.05) is 23.7 Å². The van der Waals surface area contributed by atoms with E-state index in [-0.39, 0.29) is 48.5 Å². The second kappa shape index (κ2) is 10.8. The van der Waals surface area contributed by atoms with Gasteiger partial charge in [0.15, 0.2) is 9.84 Å². The SMILES string of the molecule is O=C(C(CNS(=O)(=O)c1ccc2cc(Cl)ccc2c1)NCc1nc2ccncc2s1)N1CCS(=O)(=O)CC1. The lowest BCUT2D eigenvalue weighted by molar-refractivity contribution is -0.133. The average Bonchev–Trinajstić information content (AvgIpc) is 3.31. The lowest BCUT2D eigenvalue weighted by Gasteiger charge is -2.30. The van der Waals surface area contributed by atoms with E-state index in [4.69, 9.17) is 11.6 Å². The van der Waals surface area contributed by atoms with Gasteiger partial charge in [-0.05, 0) is 41.1 Å². The number of amides is 1. The number of carbonyl (C=O) groups excluding carboxylic acids is 1. The van der Waals surface area contributed by atoms with Gasteiger partial charge in [-0.15, -0.1) is 11.3 Å². The minimum Gasteiger partial charge on any atom is -0.339 e. The van der Waals surface area contributed by atoms with Crippen LogP contribution in [-0.2, 0) is 31.2 Å². The van der Waals surface area contributed by atoms with Crippen LogP contribution in [0.1, 0.15) is 5.01 Å². The zero-order chi connectivity index (χ0) is 26.9. The zero-order valence-electron chi connectivity index (χ0n) is 20.0. The number of pyridine rings is 1. The predicted molar refractivity (Wildman–Crippen MR) is 147 cm³/mol. The van der Waals surface area contributed by atoms with Gasteiger partial charge in [-0.25, -0.2) is 26.5 Å². The number of rotatable bonds is 8. The molecule has 0 radical (unpaired) electrons. The van der Waals surface area contributed by atoms with Crippen molar-refractivity contribution < 1.29 is 21.6 Å². The molecule has 2 aromatic heterocycles. The first-order valence-corrected chi connectivity index (χ1v) is 16.2. The van der Waals surface area contributed by atoms with E-state index < -0.39 is 25.9 Å². The highest BCUT2D eigenvalue weighted by atomic mass is 35.5. The number of sulfone groups is 1. The highest BCUT2D eigenvalue weighted by molar-refractivity contribution is 7.91. The van der Waals surface area contributed by atoms with Crippen LogP contribution in [0.15, 0.2) is 59.8 Å². The van der Waals surface area contributed by atoms with E-state index in [1.54, 1.807) is 48.8 Å². The summed E-state index contributed by atoms with van der Waals surface area (Å²) in [5.41, 5.74) is 0.782. The van der Waals surface area contributed by atoms with Crippen LogP contribution in [0, 0.1) is 0 Å². The van der Waals surface area contributed by atoms with E-state index in [0.29, 0.717) is 15.4 Å². The number of thiazole rings is 1. The maximum absolute atomic E-state index is 13.4. The van der Waals surface area contributed by atoms with Gasteiger partial charge in [0.05, 0.1) is 26.6 Å². The summed E-state index contributed by atoms with van der Waals surface area (Å²) in [6.07, 6.45) is 3.35. The van der Waals surface area contributed by atoms with Crippen LogP contribution in [-0.4, -0.2) is 74.8 Å². The van der Waals surface area contributed by atoms with Crippen LogP contribution < -0.4 is 10.0 Å². The summed E-state index contributed by atoms with van der Waals surface area (Å²) in [6.45, 7) is 0.119. The molecular formula is C24H24ClN5O5S3. The molecule has 0 bridgehead atoms. The molecule has 0 saturated carbocycles. The summed E-state index contributed by atoms with van der Waals surface area (Å²) < 4.78 is 53.4. The van der Waals surface area contributed by atoms with Gasteiger partial charge >= 0.3 is 0 Å². The molecule has 1 unspecified atom stereocenters. The number of sulfonamides is 1. The molecule has 10 nitrogen and oxygen atoms in total. The molecule has 2 N–H and O–H groups in total. The number of fused-ring (bicyclic) bond motifs is 2. The molecule has 1 aliphatic rings. The van der Waals surface area contributed by atoms with Crippen molar-refractivity contribution in [1.29, 1.82) is 0 Å². The fourth-order valence-electron chi connectivity index (χ4n) is 4.15. The standard InChI is InChI=1S/C24H24ClN5O5S3/c25-18-3-1-17-12-19(4-2-16(17)11-18)38(34,35)28-13-21(24(31)30-7-9-37(32,33)10-8-30)27-15-23-29-20-5-6-26-14-22(20)36-23/h1-6,11-12,14,21,27-28H,7-10,13,15H2. The number of halogens is 1. The Balaban J connectivity index is 1.33. The van der Waals surface area contributed by atoms with E-state index in [1.165, 1.54) is 22.3 Å². The molecular weight excluding hydrogens is 570 g/mol. The number of nitrogens with zero attached hydrogens (tertiary/aromatic N) is 3. The molecule has 1 amide bonds. The van der Waals surface area contributed by atoms with Gasteiger partial charge in [-0.2, -0.15) is 0 Å². The van der Waals surface area contributed by atoms with Gasteiger partial charge in [0.2, 0.25) is 15.9 Å². The average molecular weight is 594 g/mol. The summed E-state index contributed by atoms with van der Waals surface area (Å²) in [4.78, 5) is 23.5. The largest absolute Gasteiger partial charge is 0.339 e. The van der Waals surface area contributed by atoms with Crippen molar-refractivity contribution in [3.05, 3.63) is 64.9 Å². The lowest BCUT2D eigenvalue weighted by Crippen LogP contribution is -2.55. The molecule has 4 aromatic rings. The van der Waals surface area contributed by atoms with Crippen molar-refractivity contribution in [2.45, 2.75) is 17.5 Å². The third-order valence-electron chi connectivity index (χ3n) is 6.25. The third kappa shape index (κ3) is 6.14. The Labute approximate surface area is 229 Å².